The molecule has 1 atom stereocenters. The number of nitrogens with zero attached hydrogens (tertiary/aromatic N) is 1. The Morgan fingerprint density at radius 3 is 2.76 bits per heavy atom. The molecule has 1 aliphatic heterocycles. The minimum atomic E-state index is -3.06. The van der Waals surface area contributed by atoms with Crippen molar-refractivity contribution in [2.75, 3.05) is 31.8 Å². The molecule has 0 aromatic heterocycles. The van der Waals surface area contributed by atoms with Crippen LogP contribution in [0.2, 0.25) is 0 Å². The Morgan fingerprint density at radius 2 is 2.18 bits per heavy atom. The Labute approximate surface area is 103 Å². The van der Waals surface area contributed by atoms with E-state index < -0.39 is 9.84 Å². The van der Waals surface area contributed by atoms with Crippen LogP contribution in [0.4, 0.5) is 0 Å². The summed E-state index contributed by atoms with van der Waals surface area (Å²) in [5.74, 6) is -0.137. The van der Waals surface area contributed by atoms with Crippen molar-refractivity contribution in [3.63, 3.8) is 0 Å². The van der Waals surface area contributed by atoms with E-state index in [0.717, 1.165) is 25.6 Å². The number of likely N-dealkylation sites (tertiary alicyclic amines) is 1. The minimum Gasteiger partial charge on any atom is -0.380 e. The van der Waals surface area contributed by atoms with Gasteiger partial charge in [-0.2, -0.15) is 0 Å². The van der Waals surface area contributed by atoms with Gasteiger partial charge in [0.25, 0.3) is 0 Å². The highest BCUT2D eigenvalue weighted by molar-refractivity contribution is 7.90. The maximum atomic E-state index is 11.9. The lowest BCUT2D eigenvalue weighted by atomic mass is 10.2. The van der Waals surface area contributed by atoms with Gasteiger partial charge in [0.05, 0.1) is 18.4 Å². The van der Waals surface area contributed by atoms with Crippen molar-refractivity contribution in [3.05, 3.63) is 0 Å². The SMILES string of the molecule is CCOCC1CCCN1C(=O)CCS(C)(=O)=O. The molecule has 0 radical (unpaired) electrons. The number of carbonyl (C=O) groups is 1. The molecular formula is C11H21NO4S. The number of rotatable bonds is 6. The number of ether oxygens (including phenoxy) is 1. The Balaban J connectivity index is 2.44. The monoisotopic (exact) mass is 263 g/mol. The molecule has 1 fully saturated rings. The third-order valence-electron chi connectivity index (χ3n) is 2.90. The molecule has 0 N–H and O–H groups in total. The second-order valence-corrected chi connectivity index (χ2v) is 6.68. The third kappa shape index (κ3) is 5.04. The predicted molar refractivity (Wildman–Crippen MR) is 65.6 cm³/mol. The molecule has 1 unspecified atom stereocenters. The van der Waals surface area contributed by atoms with Crippen LogP contribution in [-0.2, 0) is 19.4 Å². The molecule has 0 aromatic rings. The highest BCUT2D eigenvalue weighted by Gasteiger charge is 2.28. The van der Waals surface area contributed by atoms with Gasteiger partial charge in [-0.1, -0.05) is 0 Å². The van der Waals surface area contributed by atoms with Gasteiger partial charge < -0.3 is 9.64 Å². The Kier molecular flexibility index (Phi) is 5.39. The molecule has 1 aliphatic rings. The first-order chi connectivity index (χ1) is 7.94. The number of amides is 1. The van der Waals surface area contributed by atoms with Crippen molar-refractivity contribution >= 4 is 15.7 Å². The van der Waals surface area contributed by atoms with Gasteiger partial charge in [0.15, 0.2) is 0 Å². The summed E-state index contributed by atoms with van der Waals surface area (Å²) in [6.45, 7) is 3.84. The van der Waals surface area contributed by atoms with Crippen molar-refractivity contribution in [3.8, 4) is 0 Å². The summed E-state index contributed by atoms with van der Waals surface area (Å²) in [4.78, 5) is 13.6. The van der Waals surface area contributed by atoms with Crippen molar-refractivity contribution in [1.82, 2.24) is 4.90 Å². The molecule has 1 heterocycles. The van der Waals surface area contributed by atoms with Crippen LogP contribution < -0.4 is 0 Å². The normalized spacial score (nSPS) is 20.8. The van der Waals surface area contributed by atoms with Crippen LogP contribution in [0.5, 0.6) is 0 Å². The maximum Gasteiger partial charge on any atom is 0.223 e. The van der Waals surface area contributed by atoms with Gasteiger partial charge in [0.1, 0.15) is 9.84 Å². The van der Waals surface area contributed by atoms with Gasteiger partial charge in [-0.25, -0.2) is 8.42 Å². The topological polar surface area (TPSA) is 63.7 Å². The zero-order valence-electron chi connectivity index (χ0n) is 10.5. The first kappa shape index (κ1) is 14.4. The Hall–Kier alpha value is -0.620. The fourth-order valence-corrected chi connectivity index (χ4v) is 2.55. The lowest BCUT2D eigenvalue weighted by Crippen LogP contribution is -2.39. The van der Waals surface area contributed by atoms with E-state index >= 15 is 0 Å². The van der Waals surface area contributed by atoms with E-state index in [0.29, 0.717) is 13.2 Å². The van der Waals surface area contributed by atoms with Crippen LogP contribution in [0.3, 0.4) is 0 Å². The molecular weight excluding hydrogens is 242 g/mol. The van der Waals surface area contributed by atoms with Gasteiger partial charge in [-0.05, 0) is 19.8 Å². The Bertz CT molecular complexity index is 352. The first-order valence-corrected chi connectivity index (χ1v) is 8.05. The van der Waals surface area contributed by atoms with E-state index in [-0.39, 0.29) is 24.1 Å². The van der Waals surface area contributed by atoms with Gasteiger partial charge in [0.2, 0.25) is 5.91 Å². The molecule has 1 saturated heterocycles. The lowest BCUT2D eigenvalue weighted by Gasteiger charge is -2.24. The third-order valence-corrected chi connectivity index (χ3v) is 3.84. The Morgan fingerprint density at radius 1 is 1.47 bits per heavy atom. The number of sulfone groups is 1. The number of hydrogen-bond donors (Lipinski definition) is 0. The minimum absolute atomic E-state index is 0.0658. The average Bonchev–Trinajstić information content (AvgIpc) is 2.70. The highest BCUT2D eigenvalue weighted by Crippen LogP contribution is 2.18. The number of hydrogen-bond acceptors (Lipinski definition) is 4. The number of carbonyl (C=O) groups excluding carboxylic acids is 1. The lowest BCUT2D eigenvalue weighted by molar-refractivity contribution is -0.132. The molecule has 5 nitrogen and oxygen atoms in total. The fraction of sp³-hybridized carbons (Fsp3) is 0.909. The van der Waals surface area contributed by atoms with Gasteiger partial charge in [-0.15, -0.1) is 0 Å². The summed E-state index contributed by atoms with van der Waals surface area (Å²) < 4.78 is 27.3. The first-order valence-electron chi connectivity index (χ1n) is 5.99. The van der Waals surface area contributed by atoms with Crippen LogP contribution in [0.1, 0.15) is 26.2 Å². The molecule has 0 saturated carbocycles. The summed E-state index contributed by atoms with van der Waals surface area (Å²) in [7, 11) is -3.06. The van der Waals surface area contributed by atoms with Crippen LogP contribution >= 0.6 is 0 Å². The summed E-state index contributed by atoms with van der Waals surface area (Å²) in [6.07, 6.45) is 3.16. The zero-order valence-corrected chi connectivity index (χ0v) is 11.3. The standard InChI is InChI=1S/C11H21NO4S/c1-3-16-9-10-5-4-7-12(10)11(13)6-8-17(2,14)15/h10H,3-9H2,1-2H3. The van der Waals surface area contributed by atoms with Crippen molar-refractivity contribution in [2.24, 2.45) is 0 Å². The summed E-state index contributed by atoms with van der Waals surface area (Å²) >= 11 is 0. The molecule has 0 spiro atoms. The molecule has 6 heteroatoms. The molecule has 1 rings (SSSR count). The van der Waals surface area contributed by atoms with E-state index in [4.69, 9.17) is 4.74 Å². The van der Waals surface area contributed by atoms with Crippen LogP contribution in [0.25, 0.3) is 0 Å². The van der Waals surface area contributed by atoms with Crippen LogP contribution in [0, 0.1) is 0 Å². The van der Waals surface area contributed by atoms with Crippen molar-refractivity contribution in [2.45, 2.75) is 32.2 Å². The van der Waals surface area contributed by atoms with Gasteiger partial charge in [0, 0.05) is 25.8 Å². The van der Waals surface area contributed by atoms with Crippen molar-refractivity contribution in [1.29, 1.82) is 0 Å². The fourth-order valence-electron chi connectivity index (χ4n) is 2.01. The van der Waals surface area contributed by atoms with Crippen molar-refractivity contribution < 1.29 is 17.9 Å². The van der Waals surface area contributed by atoms with E-state index in [1.165, 1.54) is 0 Å². The van der Waals surface area contributed by atoms with E-state index in [1.807, 2.05) is 6.92 Å². The largest absolute Gasteiger partial charge is 0.380 e. The molecule has 17 heavy (non-hydrogen) atoms. The molecule has 0 aromatic carbocycles. The van der Waals surface area contributed by atoms with Crippen LogP contribution in [0.15, 0.2) is 0 Å². The second kappa shape index (κ2) is 6.35. The average molecular weight is 263 g/mol. The molecule has 0 aliphatic carbocycles. The highest BCUT2D eigenvalue weighted by atomic mass is 32.2. The summed E-state index contributed by atoms with van der Waals surface area (Å²) in [6, 6.07) is 0.127. The predicted octanol–water partition coefficient (Wildman–Crippen LogP) is 0.449. The van der Waals surface area contributed by atoms with Gasteiger partial charge in [-0.3, -0.25) is 4.79 Å². The van der Waals surface area contributed by atoms with Gasteiger partial charge >= 0.3 is 0 Å². The zero-order chi connectivity index (χ0) is 12.9. The van der Waals surface area contributed by atoms with E-state index in [2.05, 4.69) is 0 Å². The summed E-state index contributed by atoms with van der Waals surface area (Å²) in [5, 5.41) is 0. The molecule has 100 valence electrons. The summed E-state index contributed by atoms with van der Waals surface area (Å²) in [5.41, 5.74) is 0. The maximum absolute atomic E-state index is 11.9. The quantitative estimate of drug-likeness (QED) is 0.698. The smallest absolute Gasteiger partial charge is 0.223 e. The van der Waals surface area contributed by atoms with Crippen LogP contribution in [-0.4, -0.2) is 57.0 Å². The van der Waals surface area contributed by atoms with E-state index in [1.54, 1.807) is 4.90 Å². The second-order valence-electron chi connectivity index (χ2n) is 4.42. The van der Waals surface area contributed by atoms with E-state index in [9.17, 15) is 13.2 Å². The molecule has 1 amide bonds. The molecule has 0 bridgehead atoms.